The molecule has 9 nitrogen and oxygen atoms in total. The van der Waals surface area contributed by atoms with Crippen LogP contribution in [0.3, 0.4) is 0 Å². The molecule has 0 aromatic rings. The van der Waals surface area contributed by atoms with Crippen LogP contribution in [0, 0.1) is 17.8 Å². The molecule has 2 fully saturated rings. The minimum Gasteiger partial charge on any atom is -0.463 e. The normalized spacial score (nSPS) is 27.4. The molecule has 4 unspecified atom stereocenters. The Morgan fingerprint density at radius 2 is 1.76 bits per heavy atom. The van der Waals surface area contributed by atoms with Crippen LogP contribution in [-0.2, 0) is 33.3 Å². The van der Waals surface area contributed by atoms with Crippen molar-refractivity contribution < 1.29 is 38.1 Å². The molecule has 2 aliphatic rings. The third-order valence-electron chi connectivity index (χ3n) is 6.13. The Labute approximate surface area is 202 Å². The van der Waals surface area contributed by atoms with Crippen LogP contribution in [0.2, 0.25) is 0 Å². The lowest BCUT2D eigenvalue weighted by Gasteiger charge is -2.35. The minimum absolute atomic E-state index is 0.0353. The zero-order chi connectivity index (χ0) is 25.5. The summed E-state index contributed by atoms with van der Waals surface area (Å²) < 4.78 is 22.0. The van der Waals surface area contributed by atoms with Gasteiger partial charge in [-0.15, -0.1) is 0 Å². The lowest BCUT2D eigenvalue weighted by atomic mass is 9.79. The highest BCUT2D eigenvalue weighted by molar-refractivity contribution is 5.82. The fourth-order valence-electron chi connectivity index (χ4n) is 4.43. The molecule has 0 bridgehead atoms. The molecule has 1 heterocycles. The quantitative estimate of drug-likeness (QED) is 0.462. The second kappa shape index (κ2) is 12.4. The Morgan fingerprint density at radius 1 is 1.12 bits per heavy atom. The van der Waals surface area contributed by atoms with Gasteiger partial charge in [0.2, 0.25) is 0 Å². The summed E-state index contributed by atoms with van der Waals surface area (Å²) in [6, 6.07) is -1.24. The number of amides is 1. The molecule has 1 N–H and O–H groups in total. The molecule has 1 aliphatic heterocycles. The van der Waals surface area contributed by atoms with E-state index in [1.165, 1.54) is 6.42 Å². The van der Waals surface area contributed by atoms with Gasteiger partial charge in [0.15, 0.2) is 6.04 Å². The molecule has 4 atom stereocenters. The van der Waals surface area contributed by atoms with Gasteiger partial charge in [0.05, 0.1) is 12.3 Å². The molecular formula is C25H41NO8. The van der Waals surface area contributed by atoms with Gasteiger partial charge >= 0.3 is 24.0 Å². The van der Waals surface area contributed by atoms with E-state index in [-0.39, 0.29) is 24.9 Å². The first kappa shape index (κ1) is 27.9. The molecule has 1 amide bonds. The van der Waals surface area contributed by atoms with Gasteiger partial charge in [-0.3, -0.25) is 9.59 Å². The van der Waals surface area contributed by atoms with Gasteiger partial charge in [0.1, 0.15) is 24.4 Å². The van der Waals surface area contributed by atoms with E-state index in [4.69, 9.17) is 18.9 Å². The highest BCUT2D eigenvalue weighted by Gasteiger charge is 2.39. The van der Waals surface area contributed by atoms with E-state index in [0.717, 1.165) is 25.7 Å². The average molecular weight is 484 g/mol. The van der Waals surface area contributed by atoms with Gasteiger partial charge in [0.25, 0.3) is 0 Å². The lowest BCUT2D eigenvalue weighted by molar-refractivity contribution is -0.180. The molecule has 1 aliphatic carbocycles. The van der Waals surface area contributed by atoms with E-state index in [1.54, 1.807) is 41.5 Å². The van der Waals surface area contributed by atoms with Crippen molar-refractivity contribution in [2.75, 3.05) is 6.61 Å². The molecule has 0 spiro atoms. The predicted molar refractivity (Wildman–Crippen MR) is 124 cm³/mol. The van der Waals surface area contributed by atoms with Crippen LogP contribution >= 0.6 is 0 Å². The summed E-state index contributed by atoms with van der Waals surface area (Å²) in [5, 5.41) is 2.41. The lowest BCUT2D eigenvalue weighted by Crippen LogP contribution is -2.51. The number of carbonyl (C=O) groups excluding carboxylic acids is 4. The minimum atomic E-state index is -1.24. The van der Waals surface area contributed by atoms with E-state index in [1.807, 2.05) is 0 Å². The summed E-state index contributed by atoms with van der Waals surface area (Å²) in [4.78, 5) is 50.3. The first-order chi connectivity index (χ1) is 15.9. The second-order valence-corrected chi connectivity index (χ2v) is 10.8. The molecule has 0 aromatic carbocycles. The summed E-state index contributed by atoms with van der Waals surface area (Å²) >= 11 is 0. The van der Waals surface area contributed by atoms with Crippen LogP contribution in [0.4, 0.5) is 4.79 Å². The number of ether oxygens (including phenoxy) is 4. The van der Waals surface area contributed by atoms with Crippen molar-refractivity contribution in [3.63, 3.8) is 0 Å². The van der Waals surface area contributed by atoms with Crippen molar-refractivity contribution in [1.82, 2.24) is 5.32 Å². The van der Waals surface area contributed by atoms with Crippen LogP contribution in [-0.4, -0.2) is 54.5 Å². The number of hydrogen-bond acceptors (Lipinski definition) is 8. The average Bonchev–Trinajstić information content (AvgIpc) is 2.72. The van der Waals surface area contributed by atoms with Gasteiger partial charge in [0, 0.05) is 5.92 Å². The number of carbonyl (C=O) groups is 4. The summed E-state index contributed by atoms with van der Waals surface area (Å²) in [5.41, 5.74) is -0.767. The third-order valence-corrected chi connectivity index (χ3v) is 6.13. The molecule has 1 saturated carbocycles. The number of alkyl carbamates (subject to hydrolysis) is 1. The van der Waals surface area contributed by atoms with E-state index in [0.29, 0.717) is 12.3 Å². The first-order valence-electron chi connectivity index (χ1n) is 12.4. The second-order valence-electron chi connectivity index (χ2n) is 10.8. The Balaban J connectivity index is 2.22. The van der Waals surface area contributed by atoms with Gasteiger partial charge < -0.3 is 24.3 Å². The third kappa shape index (κ3) is 9.14. The number of hydrogen-bond donors (Lipinski definition) is 1. The molecule has 0 aromatic heterocycles. The van der Waals surface area contributed by atoms with Crippen molar-refractivity contribution in [3.05, 3.63) is 0 Å². The Morgan fingerprint density at radius 3 is 2.35 bits per heavy atom. The maximum Gasteiger partial charge on any atom is 0.408 e. The molecular weight excluding hydrogens is 442 g/mol. The monoisotopic (exact) mass is 483 g/mol. The van der Waals surface area contributed by atoms with Crippen molar-refractivity contribution in [2.45, 2.75) is 110 Å². The van der Waals surface area contributed by atoms with Gasteiger partial charge in [-0.1, -0.05) is 46.0 Å². The van der Waals surface area contributed by atoms with E-state index < -0.39 is 47.9 Å². The first-order valence-corrected chi connectivity index (χ1v) is 12.4. The molecule has 194 valence electrons. The zero-order valence-electron chi connectivity index (χ0n) is 21.4. The number of esters is 3. The molecule has 2 rings (SSSR count). The van der Waals surface area contributed by atoms with Gasteiger partial charge in [-0.25, -0.2) is 9.59 Å². The smallest absolute Gasteiger partial charge is 0.408 e. The summed E-state index contributed by atoms with van der Waals surface area (Å²) in [5.74, 6) is -2.01. The standard InChI is InChI=1S/C25H41NO8/c1-15(2)22(28)33-21-16(3)32-23(29)19(26-24(30)34-25(4,5)6)14-31-20(27)13-18(21)12-17-10-8-7-9-11-17/h15-19,21H,7-14H2,1-6H3,(H,26,30). The van der Waals surface area contributed by atoms with Crippen LogP contribution in [0.1, 0.15) is 86.5 Å². The van der Waals surface area contributed by atoms with Crippen molar-refractivity contribution in [2.24, 2.45) is 17.8 Å². The number of rotatable bonds is 5. The predicted octanol–water partition coefficient (Wildman–Crippen LogP) is 3.91. The molecule has 34 heavy (non-hydrogen) atoms. The highest BCUT2D eigenvalue weighted by Crippen LogP contribution is 2.34. The number of cyclic esters (lactones) is 2. The van der Waals surface area contributed by atoms with Gasteiger partial charge in [-0.05, 0) is 40.0 Å². The SMILES string of the molecule is CC(C)C(=O)OC1C(CC2CCCCC2)CC(=O)OCC(NC(=O)OC(C)(C)C)C(=O)OC1C. The topological polar surface area (TPSA) is 117 Å². The van der Waals surface area contributed by atoms with Crippen LogP contribution in [0.5, 0.6) is 0 Å². The zero-order valence-corrected chi connectivity index (χ0v) is 21.4. The fourth-order valence-corrected chi connectivity index (χ4v) is 4.43. The van der Waals surface area contributed by atoms with Crippen LogP contribution < -0.4 is 5.32 Å². The van der Waals surface area contributed by atoms with E-state index >= 15 is 0 Å². The van der Waals surface area contributed by atoms with Crippen molar-refractivity contribution in [1.29, 1.82) is 0 Å². The van der Waals surface area contributed by atoms with E-state index in [2.05, 4.69) is 5.32 Å². The van der Waals surface area contributed by atoms with Crippen LogP contribution in [0.15, 0.2) is 0 Å². The molecule has 0 radical (unpaired) electrons. The molecule has 1 saturated heterocycles. The Kier molecular flexibility index (Phi) is 10.2. The van der Waals surface area contributed by atoms with Crippen LogP contribution in [0.25, 0.3) is 0 Å². The maximum atomic E-state index is 12.9. The fraction of sp³-hybridized carbons (Fsp3) is 0.840. The van der Waals surface area contributed by atoms with Crippen molar-refractivity contribution in [3.8, 4) is 0 Å². The van der Waals surface area contributed by atoms with E-state index in [9.17, 15) is 19.2 Å². The Hall–Kier alpha value is -2.32. The Bertz CT molecular complexity index is 723. The summed E-state index contributed by atoms with van der Waals surface area (Å²) in [6.07, 6.45) is 3.90. The highest BCUT2D eigenvalue weighted by atomic mass is 16.6. The largest absolute Gasteiger partial charge is 0.463 e. The summed E-state index contributed by atoms with van der Waals surface area (Å²) in [7, 11) is 0. The summed E-state index contributed by atoms with van der Waals surface area (Å²) in [6.45, 7) is 9.83. The molecule has 9 heteroatoms. The van der Waals surface area contributed by atoms with Crippen molar-refractivity contribution >= 4 is 24.0 Å². The maximum absolute atomic E-state index is 12.9. The number of nitrogens with one attached hydrogen (secondary N) is 1. The van der Waals surface area contributed by atoms with Gasteiger partial charge in [-0.2, -0.15) is 0 Å².